The number of rotatable bonds is 36. The molecule has 106 heavy (non-hydrogen) atoms. The zero-order valence-electron chi connectivity index (χ0n) is 72.8. The van der Waals surface area contributed by atoms with Crippen LogP contribution in [0.5, 0.6) is 0 Å². The van der Waals surface area contributed by atoms with Crippen molar-refractivity contribution >= 4 is 28.9 Å². The summed E-state index contributed by atoms with van der Waals surface area (Å²) in [4.78, 5) is 61.8. The van der Waals surface area contributed by atoms with E-state index in [2.05, 4.69) is 69.2 Å². The lowest BCUT2D eigenvalue weighted by molar-refractivity contribution is -0.128. The summed E-state index contributed by atoms with van der Waals surface area (Å²) in [5.74, 6) is 18.1. The highest BCUT2D eigenvalue weighted by atomic mass is 16.1. The van der Waals surface area contributed by atoms with E-state index in [0.29, 0.717) is 58.5 Å². The van der Waals surface area contributed by atoms with Crippen LogP contribution in [0.4, 0.5) is 0 Å². The summed E-state index contributed by atoms with van der Waals surface area (Å²) in [6.07, 6.45) is 86.4. The second kappa shape index (κ2) is 55.8. The number of hydrogen-bond acceptors (Lipinski definition) is 5. The molecule has 5 nitrogen and oxygen atoms in total. The molecule has 0 saturated heterocycles. The fourth-order valence-electron chi connectivity index (χ4n) is 23.8. The van der Waals surface area contributed by atoms with Crippen LogP contribution in [0, 0.1) is 118 Å². The SMILES string of the molecule is CCCCC1CCC([C@H]2CC[C@H](CC)CC2)CC1=O.CCCCC1CCC([C@H]2CC[C@H](CCC)CC2)CC1=O.CCCCC1CCC([C@H]2CC[C@H](CCCC)CC2)CC1=O.CCCCCCC[C@H]1CC[C@H](C2CCC(CCCC)C(=O)C2)CC1.CCCCC[C@H]1CC[C@H](C2CCC(CCCC)C(=O)C2)CC1. The van der Waals surface area contributed by atoms with Crippen LogP contribution in [0.15, 0.2) is 0 Å². The molecule has 0 aromatic carbocycles. The average Bonchev–Trinajstić information content (AvgIpc) is 0.864. The van der Waals surface area contributed by atoms with E-state index in [1.54, 1.807) is 0 Å². The molecule has 0 aromatic heterocycles. The van der Waals surface area contributed by atoms with Gasteiger partial charge in [-0.1, -0.05) is 300 Å². The highest BCUT2D eigenvalue weighted by Gasteiger charge is 2.40. The van der Waals surface area contributed by atoms with Crippen molar-refractivity contribution in [3.63, 3.8) is 0 Å². The standard InChI is InChI=1S/C23H42O.C21H38O.C20H36O.C19H34O.C18H32O/c1-3-5-7-8-9-10-19-12-14-20(15-13-19)22-17-16-21(11-6-4-2)23(24)18-22;1-3-5-7-8-17-10-12-18(13-11-17)20-15-14-19(9-6-4-2)21(22)16-20;1-3-5-7-16-9-11-17(12-10-16)19-14-13-18(8-6-4-2)20(21)15-19;1-3-5-7-17-12-13-18(14-19(17)20)16-10-8-15(6-4-2)9-11-16;1-3-5-6-16-11-12-17(13-18(16)19)15-9-7-14(4-2)8-10-15/h19-22H,3-18H2,1-2H3;17-20H,3-16H2,1-2H3;16-19H,3-15H2,1-2H3;15-18H,3-14H2,1-2H3;14-17H,3-13H2,1-2H3/t19-,20-,21?,22?;17-,18-,19?,20?;16-,17-,18?,19?;15-,16-,17?,18?;14-,15-,16?,17?. The predicted molar refractivity (Wildman–Crippen MR) is 456 cm³/mol. The monoisotopic (exact) mass is 1480 g/mol. The van der Waals surface area contributed by atoms with E-state index in [0.717, 1.165) is 153 Å². The van der Waals surface area contributed by atoms with Crippen molar-refractivity contribution in [3.05, 3.63) is 0 Å². The smallest absolute Gasteiger partial charge is 0.136 e. The topological polar surface area (TPSA) is 85.3 Å². The van der Waals surface area contributed by atoms with Crippen molar-refractivity contribution in [2.24, 2.45) is 118 Å². The molecule has 0 spiro atoms. The van der Waals surface area contributed by atoms with Crippen molar-refractivity contribution < 1.29 is 24.0 Å². The zero-order chi connectivity index (χ0) is 76.1. The van der Waals surface area contributed by atoms with Crippen molar-refractivity contribution in [1.29, 1.82) is 0 Å². The first-order chi connectivity index (χ1) is 51.7. The lowest BCUT2D eigenvalue weighted by Crippen LogP contribution is -2.31. The summed E-state index contributed by atoms with van der Waals surface area (Å²) in [6.45, 7) is 22.7. The lowest BCUT2D eigenvalue weighted by Gasteiger charge is -2.37. The van der Waals surface area contributed by atoms with E-state index in [9.17, 15) is 24.0 Å². The van der Waals surface area contributed by atoms with E-state index in [-0.39, 0.29) is 0 Å². The number of Topliss-reactive ketones (excluding diaryl/α,β-unsaturated/α-hetero) is 5. The maximum absolute atomic E-state index is 12.4. The molecule has 0 heterocycles. The fourth-order valence-corrected chi connectivity index (χ4v) is 23.8. The minimum atomic E-state index is 0.417. The third-order valence-corrected chi connectivity index (χ3v) is 31.5. The van der Waals surface area contributed by atoms with Gasteiger partial charge in [0, 0.05) is 61.7 Å². The van der Waals surface area contributed by atoms with Crippen LogP contribution in [0.3, 0.4) is 0 Å². The van der Waals surface area contributed by atoms with Gasteiger partial charge in [-0.2, -0.15) is 0 Å². The molecule has 0 N–H and O–H groups in total. The summed E-state index contributed by atoms with van der Waals surface area (Å²) < 4.78 is 0. The fraction of sp³-hybridized carbons (Fsp3) is 0.950. The number of carbonyl (C=O) groups excluding carboxylic acids is 5. The summed E-state index contributed by atoms with van der Waals surface area (Å²) in [6, 6.07) is 0. The molecule has 10 rings (SSSR count). The second-order valence-corrected chi connectivity index (χ2v) is 39.2. The van der Waals surface area contributed by atoms with Gasteiger partial charge in [0.15, 0.2) is 0 Å². The number of carbonyl (C=O) groups is 5. The van der Waals surface area contributed by atoms with Gasteiger partial charge in [0.2, 0.25) is 0 Å². The Bertz CT molecular complexity index is 2240. The molecule has 0 bridgehead atoms. The molecule has 10 saturated carbocycles. The molecule has 10 unspecified atom stereocenters. The molecule has 5 heteroatoms. The van der Waals surface area contributed by atoms with Gasteiger partial charge in [-0.25, -0.2) is 0 Å². The van der Waals surface area contributed by atoms with Crippen LogP contribution in [0.2, 0.25) is 0 Å². The number of ketones is 5. The van der Waals surface area contributed by atoms with E-state index in [1.165, 1.54) is 360 Å². The highest BCUT2D eigenvalue weighted by molar-refractivity contribution is 5.83. The Morgan fingerprint density at radius 1 is 0.170 bits per heavy atom. The van der Waals surface area contributed by atoms with Gasteiger partial charge in [-0.3, -0.25) is 24.0 Å². The Kier molecular flexibility index (Phi) is 49.0. The Labute approximate surface area is 660 Å². The van der Waals surface area contributed by atoms with Crippen molar-refractivity contribution in [2.75, 3.05) is 0 Å². The second-order valence-electron chi connectivity index (χ2n) is 39.2. The van der Waals surface area contributed by atoms with E-state index >= 15 is 0 Å². The Morgan fingerprint density at radius 2 is 0.358 bits per heavy atom. The normalized spacial score (nSPS) is 33.9. The van der Waals surface area contributed by atoms with Crippen molar-refractivity contribution in [3.8, 4) is 0 Å². The molecule has 10 fully saturated rings. The summed E-state index contributed by atoms with van der Waals surface area (Å²) in [5.41, 5.74) is 0. The Hall–Kier alpha value is -1.65. The van der Waals surface area contributed by atoms with Crippen LogP contribution in [-0.2, 0) is 24.0 Å². The first-order valence-electron chi connectivity index (χ1n) is 49.3. The largest absolute Gasteiger partial charge is 0.299 e. The molecule has 10 atom stereocenters. The van der Waals surface area contributed by atoms with Crippen LogP contribution < -0.4 is 0 Å². The summed E-state index contributed by atoms with van der Waals surface area (Å²) in [7, 11) is 0. The van der Waals surface area contributed by atoms with E-state index < -0.39 is 0 Å². The van der Waals surface area contributed by atoms with E-state index in [1.807, 2.05) is 0 Å². The average molecular weight is 1480 g/mol. The number of hydrogen-bond donors (Lipinski definition) is 0. The first kappa shape index (κ1) is 93.2. The molecule has 616 valence electrons. The molecule has 0 radical (unpaired) electrons. The minimum absolute atomic E-state index is 0.417. The third kappa shape index (κ3) is 34.6. The molecule has 10 aliphatic carbocycles. The molecule has 0 aromatic rings. The first-order valence-corrected chi connectivity index (χ1v) is 49.3. The van der Waals surface area contributed by atoms with Gasteiger partial charge in [0.1, 0.15) is 28.9 Å². The number of unbranched alkanes of at least 4 members (excludes halogenated alkanes) is 12. The lowest BCUT2D eigenvalue weighted by atomic mass is 9.68. The minimum Gasteiger partial charge on any atom is -0.299 e. The van der Waals surface area contributed by atoms with Gasteiger partial charge in [0.25, 0.3) is 0 Å². The highest BCUT2D eigenvalue weighted by Crippen LogP contribution is 2.48. The van der Waals surface area contributed by atoms with Crippen LogP contribution >= 0.6 is 0 Å². The van der Waals surface area contributed by atoms with Gasteiger partial charge in [-0.15, -0.1) is 0 Å². The quantitative estimate of drug-likeness (QED) is 0.0584. The predicted octanol–water partition coefficient (Wildman–Crippen LogP) is 31.2. The molecule has 0 amide bonds. The third-order valence-electron chi connectivity index (χ3n) is 31.5. The summed E-state index contributed by atoms with van der Waals surface area (Å²) in [5, 5.41) is 0. The van der Waals surface area contributed by atoms with Gasteiger partial charge >= 0.3 is 0 Å². The van der Waals surface area contributed by atoms with Crippen molar-refractivity contribution in [2.45, 2.75) is 493 Å². The molecular formula is C101H182O5. The van der Waals surface area contributed by atoms with Gasteiger partial charge < -0.3 is 0 Å². The maximum Gasteiger partial charge on any atom is 0.136 e. The van der Waals surface area contributed by atoms with Crippen molar-refractivity contribution in [1.82, 2.24) is 0 Å². The van der Waals surface area contributed by atoms with Crippen LogP contribution in [0.1, 0.15) is 493 Å². The molecule has 10 aliphatic rings. The molecular weight excluding hydrogens is 1290 g/mol. The van der Waals surface area contributed by atoms with Crippen LogP contribution in [0.25, 0.3) is 0 Å². The van der Waals surface area contributed by atoms with Gasteiger partial charge in [0.05, 0.1) is 0 Å². The maximum atomic E-state index is 12.4. The van der Waals surface area contributed by atoms with Gasteiger partial charge in [-0.05, 0) is 249 Å². The van der Waals surface area contributed by atoms with E-state index in [4.69, 9.17) is 0 Å². The summed E-state index contributed by atoms with van der Waals surface area (Å²) >= 11 is 0. The Balaban J connectivity index is 0.000000208. The molecule has 0 aliphatic heterocycles. The Morgan fingerprint density at radius 3 is 0.585 bits per heavy atom. The zero-order valence-corrected chi connectivity index (χ0v) is 72.8. The van der Waals surface area contributed by atoms with Crippen LogP contribution in [-0.4, -0.2) is 28.9 Å².